The summed E-state index contributed by atoms with van der Waals surface area (Å²) in [5.74, 6) is -1.24. The fourth-order valence-electron chi connectivity index (χ4n) is 2.25. The van der Waals surface area contributed by atoms with Crippen LogP contribution in [0.25, 0.3) is 0 Å². The van der Waals surface area contributed by atoms with Gasteiger partial charge in [0.15, 0.2) is 0 Å². The molecule has 0 heterocycles. The molecule has 0 aliphatic rings. The fraction of sp³-hybridized carbons (Fsp3) is 0.167. The first-order valence-corrected chi connectivity index (χ1v) is 7.67. The van der Waals surface area contributed by atoms with Crippen molar-refractivity contribution in [3.8, 4) is 6.07 Å². The van der Waals surface area contributed by atoms with Gasteiger partial charge in [0.25, 0.3) is 0 Å². The van der Waals surface area contributed by atoms with Gasteiger partial charge in [0.2, 0.25) is 11.8 Å². The monoisotopic (exact) mass is 341 g/mol. The molecular weight excluding hydrogens is 326 g/mol. The SMILES string of the molecule is CC(=O)NCC(=O)Nc1ccc(Cl)cc1C(C#N)c1ccccc1. The van der Waals surface area contributed by atoms with E-state index in [0.29, 0.717) is 16.3 Å². The van der Waals surface area contributed by atoms with Gasteiger partial charge in [0.05, 0.1) is 18.5 Å². The van der Waals surface area contributed by atoms with Crippen molar-refractivity contribution in [2.75, 3.05) is 11.9 Å². The lowest BCUT2D eigenvalue weighted by molar-refractivity contribution is -0.122. The Bertz CT molecular complexity index is 785. The Labute approximate surface area is 145 Å². The highest BCUT2D eigenvalue weighted by molar-refractivity contribution is 6.30. The lowest BCUT2D eigenvalue weighted by atomic mass is 9.91. The molecule has 0 radical (unpaired) electrons. The van der Waals surface area contributed by atoms with Gasteiger partial charge >= 0.3 is 0 Å². The number of nitriles is 1. The Morgan fingerprint density at radius 3 is 2.54 bits per heavy atom. The first-order valence-electron chi connectivity index (χ1n) is 7.29. The number of benzene rings is 2. The van der Waals surface area contributed by atoms with Gasteiger partial charge in [-0.25, -0.2) is 0 Å². The normalized spacial score (nSPS) is 11.2. The topological polar surface area (TPSA) is 82.0 Å². The molecule has 2 rings (SSSR count). The Hall–Kier alpha value is -2.84. The van der Waals surface area contributed by atoms with Crippen LogP contribution in [0.5, 0.6) is 0 Å². The molecule has 24 heavy (non-hydrogen) atoms. The van der Waals surface area contributed by atoms with Crippen LogP contribution in [0, 0.1) is 11.3 Å². The summed E-state index contributed by atoms with van der Waals surface area (Å²) in [6.45, 7) is 1.20. The number of anilines is 1. The minimum Gasteiger partial charge on any atom is -0.347 e. The van der Waals surface area contributed by atoms with Gasteiger partial charge in [-0.15, -0.1) is 0 Å². The molecule has 2 N–H and O–H groups in total. The van der Waals surface area contributed by atoms with Gasteiger partial charge in [0.1, 0.15) is 0 Å². The average molecular weight is 342 g/mol. The van der Waals surface area contributed by atoms with Crippen LogP contribution in [0.2, 0.25) is 5.02 Å². The second-order valence-corrected chi connectivity index (χ2v) is 5.60. The van der Waals surface area contributed by atoms with Crippen LogP contribution in [0.1, 0.15) is 24.0 Å². The quantitative estimate of drug-likeness (QED) is 0.876. The second kappa shape index (κ2) is 8.14. The summed E-state index contributed by atoms with van der Waals surface area (Å²) in [4.78, 5) is 22.9. The maximum absolute atomic E-state index is 12.0. The van der Waals surface area contributed by atoms with E-state index in [1.54, 1.807) is 18.2 Å². The number of amides is 2. The maximum atomic E-state index is 12.0. The van der Waals surface area contributed by atoms with E-state index in [-0.39, 0.29) is 18.4 Å². The summed E-state index contributed by atoms with van der Waals surface area (Å²) >= 11 is 6.07. The third-order valence-corrected chi connectivity index (χ3v) is 3.59. The van der Waals surface area contributed by atoms with Crippen LogP contribution in [-0.2, 0) is 9.59 Å². The van der Waals surface area contributed by atoms with Crippen LogP contribution in [0.3, 0.4) is 0 Å². The molecule has 0 aliphatic carbocycles. The van der Waals surface area contributed by atoms with Crippen molar-refractivity contribution in [2.45, 2.75) is 12.8 Å². The maximum Gasteiger partial charge on any atom is 0.243 e. The van der Waals surface area contributed by atoms with Crippen molar-refractivity contribution in [1.82, 2.24) is 5.32 Å². The van der Waals surface area contributed by atoms with Gasteiger partial charge in [0, 0.05) is 17.6 Å². The van der Waals surface area contributed by atoms with E-state index in [1.807, 2.05) is 30.3 Å². The van der Waals surface area contributed by atoms with Crippen LogP contribution in [0.4, 0.5) is 5.69 Å². The Balaban J connectivity index is 2.32. The highest BCUT2D eigenvalue weighted by Gasteiger charge is 2.19. The van der Waals surface area contributed by atoms with Gasteiger partial charge in [-0.2, -0.15) is 5.26 Å². The second-order valence-electron chi connectivity index (χ2n) is 5.16. The van der Waals surface area contributed by atoms with E-state index in [0.717, 1.165) is 5.56 Å². The summed E-state index contributed by atoms with van der Waals surface area (Å²) in [5.41, 5.74) is 1.90. The van der Waals surface area contributed by atoms with Crippen LogP contribution in [0.15, 0.2) is 48.5 Å². The first-order chi connectivity index (χ1) is 11.5. The van der Waals surface area contributed by atoms with Gasteiger partial charge in [-0.1, -0.05) is 41.9 Å². The fourth-order valence-corrected chi connectivity index (χ4v) is 2.44. The zero-order valence-corrected chi connectivity index (χ0v) is 13.8. The molecule has 0 aromatic heterocycles. The molecule has 0 fully saturated rings. The number of carbonyl (C=O) groups is 2. The summed E-state index contributed by atoms with van der Waals surface area (Å²) in [6, 6.07) is 16.4. The largest absolute Gasteiger partial charge is 0.347 e. The van der Waals surface area contributed by atoms with Crippen LogP contribution >= 0.6 is 11.6 Å². The Morgan fingerprint density at radius 1 is 1.21 bits per heavy atom. The predicted molar refractivity (Wildman–Crippen MR) is 92.7 cm³/mol. The molecule has 2 amide bonds. The lowest BCUT2D eigenvalue weighted by Crippen LogP contribution is -2.31. The molecule has 0 bridgehead atoms. The highest BCUT2D eigenvalue weighted by atomic mass is 35.5. The van der Waals surface area contributed by atoms with E-state index < -0.39 is 5.92 Å². The smallest absolute Gasteiger partial charge is 0.243 e. The van der Waals surface area contributed by atoms with E-state index in [2.05, 4.69) is 16.7 Å². The van der Waals surface area contributed by atoms with E-state index in [1.165, 1.54) is 6.92 Å². The average Bonchev–Trinajstić information content (AvgIpc) is 2.57. The minimum atomic E-state index is -0.569. The van der Waals surface area contributed by atoms with Crippen molar-refractivity contribution in [2.24, 2.45) is 0 Å². The van der Waals surface area contributed by atoms with Crippen molar-refractivity contribution >= 4 is 29.1 Å². The zero-order valence-electron chi connectivity index (χ0n) is 13.0. The summed E-state index contributed by atoms with van der Waals surface area (Å²) < 4.78 is 0. The standard InChI is InChI=1S/C18H16ClN3O2/c1-12(23)21-11-18(24)22-17-8-7-14(19)9-15(17)16(10-20)13-5-3-2-4-6-13/h2-9,16H,11H2,1H3,(H,21,23)(H,22,24). The lowest BCUT2D eigenvalue weighted by Gasteiger charge is -2.16. The van der Waals surface area contributed by atoms with Crippen molar-refractivity contribution in [3.63, 3.8) is 0 Å². The molecule has 122 valence electrons. The Morgan fingerprint density at radius 2 is 1.92 bits per heavy atom. The number of rotatable bonds is 5. The molecule has 2 aromatic rings. The molecule has 0 spiro atoms. The molecule has 6 heteroatoms. The van der Waals surface area contributed by atoms with Crippen LogP contribution in [-0.4, -0.2) is 18.4 Å². The third kappa shape index (κ3) is 4.58. The number of nitrogens with zero attached hydrogens (tertiary/aromatic N) is 1. The molecular formula is C18H16ClN3O2. The van der Waals surface area contributed by atoms with E-state index >= 15 is 0 Å². The summed E-state index contributed by atoms with van der Waals surface area (Å²) in [7, 11) is 0. The Kier molecular flexibility index (Phi) is 5.94. The van der Waals surface area contributed by atoms with Gasteiger partial charge in [-0.3, -0.25) is 9.59 Å². The summed E-state index contributed by atoms with van der Waals surface area (Å²) in [6.07, 6.45) is 0. The molecule has 2 aromatic carbocycles. The molecule has 0 saturated heterocycles. The van der Waals surface area contributed by atoms with Gasteiger partial charge < -0.3 is 10.6 Å². The number of hydrogen-bond donors (Lipinski definition) is 2. The number of hydrogen-bond acceptors (Lipinski definition) is 3. The van der Waals surface area contributed by atoms with Crippen molar-refractivity contribution in [1.29, 1.82) is 5.26 Å². The van der Waals surface area contributed by atoms with E-state index in [9.17, 15) is 14.9 Å². The predicted octanol–water partition coefficient (Wildman–Crippen LogP) is 3.07. The highest BCUT2D eigenvalue weighted by Crippen LogP contribution is 2.32. The number of nitrogens with one attached hydrogen (secondary N) is 2. The van der Waals surface area contributed by atoms with Gasteiger partial charge in [-0.05, 0) is 29.3 Å². The zero-order chi connectivity index (χ0) is 17.5. The molecule has 1 atom stereocenters. The third-order valence-electron chi connectivity index (χ3n) is 3.36. The molecule has 0 saturated carbocycles. The van der Waals surface area contributed by atoms with E-state index in [4.69, 9.17) is 11.6 Å². The van der Waals surface area contributed by atoms with Crippen LogP contribution < -0.4 is 10.6 Å². The molecule has 0 aliphatic heterocycles. The first kappa shape index (κ1) is 17.5. The number of halogens is 1. The minimum absolute atomic E-state index is 0.139. The van der Waals surface area contributed by atoms with Crippen molar-refractivity contribution in [3.05, 3.63) is 64.7 Å². The van der Waals surface area contributed by atoms with Crippen molar-refractivity contribution < 1.29 is 9.59 Å². The molecule has 1 unspecified atom stereocenters. The molecule has 5 nitrogen and oxygen atoms in total. The number of carbonyl (C=O) groups excluding carboxylic acids is 2. The summed E-state index contributed by atoms with van der Waals surface area (Å²) in [5, 5.41) is 15.2.